The minimum absolute atomic E-state index is 0.0417. The lowest BCUT2D eigenvalue weighted by Crippen LogP contribution is -2.58. The molecule has 34 heavy (non-hydrogen) atoms. The van der Waals surface area contributed by atoms with Crippen molar-refractivity contribution in [2.24, 2.45) is 0 Å². The molecule has 3 aromatic rings. The van der Waals surface area contributed by atoms with Crippen LogP contribution in [0.25, 0.3) is 17.0 Å². The predicted octanol–water partition coefficient (Wildman–Crippen LogP) is 2.82. The number of thioether (sulfide) groups is 1. The minimum atomic E-state index is 0.0417. The van der Waals surface area contributed by atoms with Crippen LogP contribution in [-0.2, 0) is 9.53 Å². The van der Waals surface area contributed by atoms with E-state index in [2.05, 4.69) is 30.5 Å². The summed E-state index contributed by atoms with van der Waals surface area (Å²) in [5, 5.41) is 17.1. The summed E-state index contributed by atoms with van der Waals surface area (Å²) in [4.78, 5) is 19.6. The normalized spacial score (nSPS) is 19.1. The first-order valence-electron chi connectivity index (χ1n) is 12.1. The molecule has 1 aliphatic heterocycles. The van der Waals surface area contributed by atoms with E-state index in [0.717, 1.165) is 49.7 Å². The Labute approximate surface area is 203 Å². The molecule has 1 N–H and O–H groups in total. The van der Waals surface area contributed by atoms with Gasteiger partial charge in [0.2, 0.25) is 5.91 Å². The average molecular weight is 482 g/mol. The maximum atomic E-state index is 12.8. The summed E-state index contributed by atoms with van der Waals surface area (Å²) in [5.41, 5.74) is 1.56. The number of ether oxygens (including phenoxy) is 1. The highest BCUT2D eigenvalue weighted by molar-refractivity contribution is 7.99. The topological polar surface area (TPSA) is 97.5 Å². The fraction of sp³-hybridized carbons (Fsp3) is 0.542. The van der Waals surface area contributed by atoms with Crippen LogP contribution >= 0.6 is 11.8 Å². The van der Waals surface area contributed by atoms with Gasteiger partial charge < -0.3 is 10.1 Å². The second-order valence-corrected chi connectivity index (χ2v) is 10.0. The molecule has 3 aromatic heterocycles. The minimum Gasteiger partial charge on any atom is -0.379 e. The van der Waals surface area contributed by atoms with E-state index in [0.29, 0.717) is 23.8 Å². The van der Waals surface area contributed by atoms with Crippen LogP contribution in [0, 0.1) is 0 Å². The fourth-order valence-electron chi connectivity index (χ4n) is 5.01. The molecule has 1 saturated carbocycles. The zero-order valence-electron chi connectivity index (χ0n) is 19.4. The molecule has 10 heteroatoms. The monoisotopic (exact) mass is 481 g/mol. The predicted molar refractivity (Wildman–Crippen MR) is 131 cm³/mol. The van der Waals surface area contributed by atoms with E-state index in [9.17, 15) is 4.79 Å². The van der Waals surface area contributed by atoms with E-state index >= 15 is 0 Å². The Kier molecular flexibility index (Phi) is 7.36. The van der Waals surface area contributed by atoms with E-state index in [-0.39, 0.29) is 11.4 Å². The van der Waals surface area contributed by atoms with Crippen molar-refractivity contribution in [3.63, 3.8) is 0 Å². The molecule has 5 rings (SSSR count). The van der Waals surface area contributed by atoms with E-state index in [4.69, 9.17) is 4.74 Å². The van der Waals surface area contributed by atoms with Gasteiger partial charge in [-0.15, -0.1) is 10.2 Å². The number of aromatic nitrogens is 5. The Balaban J connectivity index is 1.22. The van der Waals surface area contributed by atoms with Crippen LogP contribution < -0.4 is 5.32 Å². The molecule has 0 unspecified atom stereocenters. The van der Waals surface area contributed by atoms with Gasteiger partial charge in [0.05, 0.1) is 19.0 Å². The number of rotatable bonds is 7. The Morgan fingerprint density at radius 2 is 1.91 bits per heavy atom. The molecule has 4 heterocycles. The molecule has 0 aromatic carbocycles. The molecule has 0 atom stereocenters. The Hall–Kier alpha value is -2.56. The highest BCUT2D eigenvalue weighted by Gasteiger charge is 2.38. The highest BCUT2D eigenvalue weighted by atomic mass is 32.2. The van der Waals surface area contributed by atoms with Gasteiger partial charge in [0.15, 0.2) is 11.5 Å². The van der Waals surface area contributed by atoms with E-state index in [1.54, 1.807) is 16.9 Å². The van der Waals surface area contributed by atoms with Crippen molar-refractivity contribution in [1.29, 1.82) is 0 Å². The number of amides is 1. The van der Waals surface area contributed by atoms with Crippen molar-refractivity contribution in [1.82, 2.24) is 35.0 Å². The Morgan fingerprint density at radius 1 is 1.09 bits per heavy atom. The number of carbonyl (C=O) groups is 1. The zero-order valence-corrected chi connectivity index (χ0v) is 20.2. The van der Waals surface area contributed by atoms with Crippen LogP contribution in [0.2, 0.25) is 0 Å². The molecule has 1 saturated heterocycles. The molecule has 2 fully saturated rings. The summed E-state index contributed by atoms with van der Waals surface area (Å²) < 4.78 is 7.29. The Morgan fingerprint density at radius 3 is 2.68 bits per heavy atom. The van der Waals surface area contributed by atoms with Gasteiger partial charge in [0.25, 0.3) is 0 Å². The molecule has 2 aliphatic rings. The van der Waals surface area contributed by atoms with Crippen molar-refractivity contribution >= 4 is 23.3 Å². The first-order chi connectivity index (χ1) is 16.7. The number of hydrogen-bond donors (Lipinski definition) is 1. The van der Waals surface area contributed by atoms with Gasteiger partial charge in [-0.05, 0) is 37.1 Å². The molecule has 9 nitrogen and oxygen atoms in total. The first kappa shape index (κ1) is 23.2. The number of hydrogen-bond acceptors (Lipinski definition) is 8. The number of nitrogens with zero attached hydrogens (tertiary/aromatic N) is 6. The van der Waals surface area contributed by atoms with Gasteiger partial charge in [0, 0.05) is 43.1 Å². The van der Waals surface area contributed by atoms with Crippen LogP contribution in [0.15, 0.2) is 41.7 Å². The number of fused-ring (bicyclic) bond motifs is 1. The molecule has 0 bridgehead atoms. The second kappa shape index (κ2) is 10.8. The van der Waals surface area contributed by atoms with Crippen molar-refractivity contribution < 1.29 is 9.53 Å². The molecular weight excluding hydrogens is 450 g/mol. The van der Waals surface area contributed by atoms with Gasteiger partial charge in [0.1, 0.15) is 5.03 Å². The maximum absolute atomic E-state index is 12.8. The summed E-state index contributed by atoms with van der Waals surface area (Å²) in [6, 6.07) is 7.54. The molecular formula is C24H31N7O2S. The SMILES string of the molecule is O=C(CSc1ccc2nnc(-c3cccnc3)n2n1)NCC1(N2CCOCC2)CCCCCC1. The van der Waals surface area contributed by atoms with Gasteiger partial charge in [-0.25, -0.2) is 0 Å². The quantitative estimate of drug-likeness (QED) is 0.406. The maximum Gasteiger partial charge on any atom is 0.230 e. The lowest BCUT2D eigenvalue weighted by atomic mass is 9.87. The molecule has 1 aliphatic carbocycles. The van der Waals surface area contributed by atoms with Crippen LogP contribution in [0.3, 0.4) is 0 Å². The third-order valence-corrected chi connectivity index (χ3v) is 7.76. The summed E-state index contributed by atoms with van der Waals surface area (Å²) in [6.07, 6.45) is 10.8. The van der Waals surface area contributed by atoms with Crippen molar-refractivity contribution in [3.05, 3.63) is 36.7 Å². The highest BCUT2D eigenvalue weighted by Crippen LogP contribution is 2.33. The van der Waals surface area contributed by atoms with Crippen LogP contribution in [0.4, 0.5) is 0 Å². The zero-order chi connectivity index (χ0) is 23.2. The van der Waals surface area contributed by atoms with Crippen LogP contribution in [0.1, 0.15) is 38.5 Å². The third kappa shape index (κ3) is 5.24. The number of pyridine rings is 1. The standard InChI is InChI=1S/C24H31N7O2S/c32-21(26-18-24(9-3-1-2-4-10-24)30-12-14-33-15-13-30)17-34-22-8-7-20-27-28-23(31(20)29-22)19-6-5-11-25-16-19/h5-8,11,16H,1-4,9-10,12-15,17-18H2,(H,26,32). The lowest BCUT2D eigenvalue weighted by Gasteiger charge is -2.45. The molecule has 1 amide bonds. The van der Waals surface area contributed by atoms with Gasteiger partial charge in [-0.2, -0.15) is 9.61 Å². The van der Waals surface area contributed by atoms with Crippen molar-refractivity contribution in [2.75, 3.05) is 38.6 Å². The summed E-state index contributed by atoms with van der Waals surface area (Å²) in [6.45, 7) is 4.17. The van der Waals surface area contributed by atoms with Crippen molar-refractivity contribution in [2.45, 2.75) is 49.1 Å². The number of nitrogens with one attached hydrogen (secondary N) is 1. The second-order valence-electron chi connectivity index (χ2n) is 9.01. The largest absolute Gasteiger partial charge is 0.379 e. The molecule has 180 valence electrons. The van der Waals surface area contributed by atoms with E-state index in [1.165, 1.54) is 37.4 Å². The van der Waals surface area contributed by atoms with Gasteiger partial charge in [-0.3, -0.25) is 14.7 Å². The average Bonchev–Trinajstić information content (AvgIpc) is 3.16. The third-order valence-electron chi connectivity index (χ3n) is 6.84. The summed E-state index contributed by atoms with van der Waals surface area (Å²) in [7, 11) is 0. The van der Waals surface area contributed by atoms with Crippen LogP contribution in [-0.4, -0.2) is 79.7 Å². The number of morpholine rings is 1. The smallest absolute Gasteiger partial charge is 0.230 e. The molecule has 0 spiro atoms. The van der Waals surface area contributed by atoms with Crippen molar-refractivity contribution in [3.8, 4) is 11.4 Å². The van der Waals surface area contributed by atoms with E-state index < -0.39 is 0 Å². The van der Waals surface area contributed by atoms with Gasteiger partial charge >= 0.3 is 0 Å². The Bertz CT molecular complexity index is 1090. The molecule has 0 radical (unpaired) electrons. The van der Waals surface area contributed by atoms with E-state index in [1.807, 2.05) is 24.3 Å². The lowest BCUT2D eigenvalue weighted by molar-refractivity contribution is -0.119. The summed E-state index contributed by atoms with van der Waals surface area (Å²) >= 11 is 1.43. The van der Waals surface area contributed by atoms with Crippen LogP contribution in [0.5, 0.6) is 0 Å². The summed E-state index contributed by atoms with van der Waals surface area (Å²) in [5.74, 6) is 0.998. The van der Waals surface area contributed by atoms with Gasteiger partial charge in [-0.1, -0.05) is 37.4 Å². The fourth-order valence-corrected chi connectivity index (χ4v) is 5.69. The number of carbonyl (C=O) groups excluding carboxylic acids is 1. The first-order valence-corrected chi connectivity index (χ1v) is 13.1.